The van der Waals surface area contributed by atoms with E-state index in [1.807, 2.05) is 67.6 Å². The zero-order valence-electron chi connectivity index (χ0n) is 27.3. The van der Waals surface area contributed by atoms with Gasteiger partial charge in [0.1, 0.15) is 18.6 Å². The third-order valence-corrected chi connectivity index (χ3v) is 8.05. The van der Waals surface area contributed by atoms with Crippen molar-refractivity contribution < 1.29 is 14.2 Å². The van der Waals surface area contributed by atoms with Crippen LogP contribution in [-0.4, -0.2) is 82.1 Å². The third-order valence-electron chi connectivity index (χ3n) is 8.05. The highest BCUT2D eigenvalue weighted by Crippen LogP contribution is 2.23. The van der Waals surface area contributed by atoms with Crippen molar-refractivity contribution in [3.8, 4) is 11.4 Å². The Morgan fingerprint density at radius 2 is 1.26 bits per heavy atom. The molecule has 2 aromatic heterocycles. The predicted molar refractivity (Wildman–Crippen MR) is 182 cm³/mol. The fourth-order valence-corrected chi connectivity index (χ4v) is 5.18. The number of benzene rings is 3. The van der Waals surface area contributed by atoms with Crippen LogP contribution in [0, 0.1) is 0 Å². The fourth-order valence-electron chi connectivity index (χ4n) is 5.18. The highest BCUT2D eigenvalue weighted by Gasteiger charge is 2.19. The Kier molecular flexibility index (Phi) is 12.2. The van der Waals surface area contributed by atoms with Crippen molar-refractivity contribution in [2.45, 2.75) is 39.1 Å². The molecule has 0 amide bonds. The van der Waals surface area contributed by atoms with E-state index in [1.165, 1.54) is 11.4 Å². The lowest BCUT2D eigenvalue weighted by molar-refractivity contribution is -0.0570. The van der Waals surface area contributed by atoms with Crippen molar-refractivity contribution >= 4 is 11.4 Å². The summed E-state index contributed by atoms with van der Waals surface area (Å²) in [7, 11) is 1.69. The van der Waals surface area contributed by atoms with Crippen LogP contribution in [0.3, 0.4) is 0 Å². The summed E-state index contributed by atoms with van der Waals surface area (Å²) in [4.78, 5) is 18.9. The molecule has 1 atom stereocenters. The molecule has 2 saturated heterocycles. The van der Waals surface area contributed by atoms with Crippen LogP contribution in [0.15, 0.2) is 108 Å². The van der Waals surface area contributed by atoms with Gasteiger partial charge >= 0.3 is 5.69 Å². The SMILES string of the molecule is CCC(C)n1ncn(-c2ccc(N3CCN(c4ccc(OC)cc4)CC3)cc2)c1=O.c1ccccc1.c1cnn(CC2OCCO2)n1. The highest BCUT2D eigenvalue weighted by atomic mass is 16.7. The lowest BCUT2D eigenvalue weighted by atomic mass is 10.2. The third kappa shape index (κ3) is 9.30. The molecule has 4 heterocycles. The van der Waals surface area contributed by atoms with E-state index in [1.54, 1.807) is 39.9 Å². The van der Waals surface area contributed by atoms with Crippen LogP contribution >= 0.6 is 0 Å². The first kappa shape index (κ1) is 33.4. The van der Waals surface area contributed by atoms with Crippen LogP contribution in [0.4, 0.5) is 11.4 Å². The Hall–Kier alpha value is -4.94. The summed E-state index contributed by atoms with van der Waals surface area (Å²) in [6, 6.07) is 28.5. The molecule has 47 heavy (non-hydrogen) atoms. The lowest BCUT2D eigenvalue weighted by Crippen LogP contribution is -2.46. The van der Waals surface area contributed by atoms with Gasteiger partial charge in [0.25, 0.3) is 0 Å². The van der Waals surface area contributed by atoms with Gasteiger partial charge in [-0.2, -0.15) is 20.1 Å². The van der Waals surface area contributed by atoms with E-state index >= 15 is 0 Å². The second-order valence-electron chi connectivity index (χ2n) is 11.1. The van der Waals surface area contributed by atoms with Crippen LogP contribution in [0.2, 0.25) is 0 Å². The summed E-state index contributed by atoms with van der Waals surface area (Å²) in [6.45, 7) is 9.83. The predicted octanol–water partition coefficient (Wildman–Crippen LogP) is 4.68. The molecule has 0 saturated carbocycles. The first-order chi connectivity index (χ1) is 23.1. The summed E-state index contributed by atoms with van der Waals surface area (Å²) in [5, 5.41) is 12.1. The molecular weight excluding hydrogens is 596 g/mol. The van der Waals surface area contributed by atoms with Crippen LogP contribution < -0.4 is 20.2 Å². The normalized spacial score (nSPS) is 15.3. The number of ether oxygens (including phenoxy) is 3. The largest absolute Gasteiger partial charge is 0.497 e. The van der Waals surface area contributed by atoms with Crippen molar-refractivity contribution in [1.29, 1.82) is 0 Å². The van der Waals surface area contributed by atoms with Gasteiger partial charge in [0.15, 0.2) is 6.29 Å². The number of piperazine rings is 1. The van der Waals surface area contributed by atoms with Crippen LogP contribution in [0.5, 0.6) is 5.75 Å². The van der Waals surface area contributed by atoms with E-state index in [0.717, 1.165) is 44.0 Å². The molecule has 12 nitrogen and oxygen atoms in total. The Bertz CT molecular complexity index is 1600. The van der Waals surface area contributed by atoms with Crippen LogP contribution in [-0.2, 0) is 16.0 Å². The molecule has 3 aromatic carbocycles. The number of hydrogen-bond donors (Lipinski definition) is 0. The lowest BCUT2D eigenvalue weighted by Gasteiger charge is -2.37. The maximum absolute atomic E-state index is 12.6. The van der Waals surface area contributed by atoms with Crippen molar-refractivity contribution in [3.63, 3.8) is 0 Å². The van der Waals surface area contributed by atoms with Gasteiger partial charge in [-0.05, 0) is 61.9 Å². The standard InChI is InChI=1S/C23H29N5O2.C6H9N3O2.C6H6/c1-4-18(2)28-23(29)27(17-24-28)21-7-5-19(6-8-21)25-13-15-26(16-14-25)20-9-11-22(30-3)12-10-20;1-2-8-9(7-1)5-6-10-3-4-11-6;1-2-4-6-5-3-1/h5-12,17-18H,4,13-16H2,1-3H3;1-2,6H,3-5H2;1-6H. The van der Waals surface area contributed by atoms with Gasteiger partial charge in [0.2, 0.25) is 0 Å². The second kappa shape index (κ2) is 17.1. The minimum absolute atomic E-state index is 0.0924. The van der Waals surface area contributed by atoms with E-state index in [2.05, 4.69) is 56.3 Å². The van der Waals surface area contributed by atoms with Crippen molar-refractivity contribution in [1.82, 2.24) is 29.3 Å². The number of aromatic nitrogens is 6. The zero-order chi connectivity index (χ0) is 32.8. The van der Waals surface area contributed by atoms with E-state index in [-0.39, 0.29) is 18.0 Å². The van der Waals surface area contributed by atoms with E-state index in [9.17, 15) is 4.79 Å². The fraction of sp³-hybridized carbons (Fsp3) is 0.371. The monoisotopic (exact) mass is 640 g/mol. The van der Waals surface area contributed by atoms with E-state index in [4.69, 9.17) is 14.2 Å². The highest BCUT2D eigenvalue weighted by molar-refractivity contribution is 5.54. The molecule has 0 bridgehead atoms. The molecule has 2 fully saturated rings. The van der Waals surface area contributed by atoms with Crippen molar-refractivity contribution in [3.05, 3.63) is 114 Å². The molecule has 248 valence electrons. The van der Waals surface area contributed by atoms with Crippen LogP contribution in [0.1, 0.15) is 26.3 Å². The molecule has 12 heteroatoms. The smallest absolute Gasteiger partial charge is 0.350 e. The van der Waals surface area contributed by atoms with Gasteiger partial charge in [-0.3, -0.25) is 0 Å². The number of anilines is 2. The molecule has 2 aliphatic heterocycles. The summed E-state index contributed by atoms with van der Waals surface area (Å²) >= 11 is 0. The number of hydrogen-bond acceptors (Lipinski definition) is 9. The molecular formula is C35H44N8O4. The molecule has 2 aliphatic rings. The maximum atomic E-state index is 12.6. The maximum Gasteiger partial charge on any atom is 0.350 e. The van der Waals surface area contributed by atoms with Gasteiger partial charge in [-0.1, -0.05) is 43.3 Å². The van der Waals surface area contributed by atoms with Crippen molar-refractivity contribution in [2.24, 2.45) is 0 Å². The van der Waals surface area contributed by atoms with Gasteiger partial charge < -0.3 is 24.0 Å². The van der Waals surface area contributed by atoms with Gasteiger partial charge in [-0.25, -0.2) is 14.0 Å². The van der Waals surface area contributed by atoms with Crippen LogP contribution in [0.25, 0.3) is 5.69 Å². The molecule has 0 radical (unpaired) electrons. The molecule has 0 spiro atoms. The Labute approximate surface area is 275 Å². The second-order valence-corrected chi connectivity index (χ2v) is 11.1. The first-order valence-corrected chi connectivity index (χ1v) is 16.0. The summed E-state index contributed by atoms with van der Waals surface area (Å²) in [6.07, 6.45) is 5.58. The minimum atomic E-state index is -0.164. The topological polar surface area (TPSA) is 105 Å². The average Bonchev–Trinajstić information content (AvgIpc) is 3.94. The van der Waals surface area contributed by atoms with Gasteiger partial charge in [0, 0.05) is 37.6 Å². The Morgan fingerprint density at radius 3 is 1.74 bits per heavy atom. The first-order valence-electron chi connectivity index (χ1n) is 16.0. The number of nitrogens with zero attached hydrogens (tertiary/aromatic N) is 8. The summed E-state index contributed by atoms with van der Waals surface area (Å²) in [5.74, 6) is 0.881. The van der Waals surface area contributed by atoms with Gasteiger partial charge in [0.05, 0.1) is 44.4 Å². The average molecular weight is 641 g/mol. The van der Waals surface area contributed by atoms with Gasteiger partial charge in [-0.15, -0.1) is 0 Å². The molecule has 1 unspecified atom stereocenters. The molecule has 0 aliphatic carbocycles. The van der Waals surface area contributed by atoms with E-state index < -0.39 is 0 Å². The summed E-state index contributed by atoms with van der Waals surface area (Å²) in [5.41, 5.74) is 3.15. The Balaban J connectivity index is 0.000000206. The molecule has 0 N–H and O–H groups in total. The quantitative estimate of drug-likeness (QED) is 0.239. The number of methoxy groups -OCH3 is 1. The number of rotatable bonds is 8. The summed E-state index contributed by atoms with van der Waals surface area (Å²) < 4.78 is 18.8. The minimum Gasteiger partial charge on any atom is -0.497 e. The zero-order valence-corrected chi connectivity index (χ0v) is 27.3. The molecule has 5 aromatic rings. The Morgan fingerprint density at radius 1 is 0.766 bits per heavy atom. The van der Waals surface area contributed by atoms with Crippen molar-refractivity contribution in [2.75, 3.05) is 56.3 Å². The molecule has 7 rings (SSSR count). The van der Waals surface area contributed by atoms with E-state index in [0.29, 0.717) is 19.8 Å².